The summed E-state index contributed by atoms with van der Waals surface area (Å²) in [6.07, 6.45) is 0. The molecule has 0 aliphatic rings. The first-order valence-corrected chi connectivity index (χ1v) is 4.77. The SMILES string of the molecule is CCOCC.Nc1ccccc1C(=O)[O-]. The van der Waals surface area contributed by atoms with E-state index in [-0.39, 0.29) is 11.3 Å². The molecule has 4 heteroatoms. The molecule has 0 unspecified atom stereocenters. The van der Waals surface area contributed by atoms with Crippen molar-refractivity contribution < 1.29 is 14.6 Å². The first-order valence-electron chi connectivity index (χ1n) is 4.77. The van der Waals surface area contributed by atoms with Crippen molar-refractivity contribution in [2.24, 2.45) is 0 Å². The molecule has 0 radical (unpaired) electrons. The number of benzene rings is 1. The molecule has 15 heavy (non-hydrogen) atoms. The number of carboxylic acids is 1. The zero-order valence-electron chi connectivity index (χ0n) is 9.03. The van der Waals surface area contributed by atoms with Gasteiger partial charge in [-0.2, -0.15) is 0 Å². The number of nitrogen functional groups attached to an aromatic ring is 1. The van der Waals surface area contributed by atoms with Crippen molar-refractivity contribution in [3.63, 3.8) is 0 Å². The molecule has 1 aromatic carbocycles. The van der Waals surface area contributed by atoms with Crippen molar-refractivity contribution in [3.05, 3.63) is 29.8 Å². The molecule has 0 atom stereocenters. The van der Waals surface area contributed by atoms with E-state index in [0.29, 0.717) is 0 Å². The Morgan fingerprint density at radius 1 is 1.33 bits per heavy atom. The number of anilines is 1. The zero-order chi connectivity index (χ0) is 11.7. The van der Waals surface area contributed by atoms with E-state index in [0.717, 1.165) is 13.2 Å². The van der Waals surface area contributed by atoms with Gasteiger partial charge >= 0.3 is 0 Å². The Bertz CT molecular complexity index is 298. The number of hydrogen-bond donors (Lipinski definition) is 1. The van der Waals surface area contributed by atoms with E-state index in [9.17, 15) is 9.90 Å². The number of carboxylic acid groups (broad SMARTS) is 1. The maximum absolute atomic E-state index is 10.2. The van der Waals surface area contributed by atoms with Gasteiger partial charge in [-0.05, 0) is 19.9 Å². The lowest BCUT2D eigenvalue weighted by Crippen LogP contribution is -2.23. The van der Waals surface area contributed by atoms with Gasteiger partial charge in [-0.15, -0.1) is 0 Å². The van der Waals surface area contributed by atoms with Crippen LogP contribution in [0.15, 0.2) is 24.3 Å². The zero-order valence-corrected chi connectivity index (χ0v) is 9.03. The Labute approximate surface area is 89.7 Å². The lowest BCUT2D eigenvalue weighted by Gasteiger charge is -2.03. The highest BCUT2D eigenvalue weighted by molar-refractivity contribution is 5.91. The smallest absolute Gasteiger partial charge is 0.0735 e. The fourth-order valence-corrected chi connectivity index (χ4v) is 0.887. The number of para-hydroxylation sites is 1. The third-order valence-corrected chi connectivity index (χ3v) is 1.59. The lowest BCUT2D eigenvalue weighted by molar-refractivity contribution is -0.254. The van der Waals surface area contributed by atoms with E-state index in [1.807, 2.05) is 13.8 Å². The van der Waals surface area contributed by atoms with Crippen LogP contribution in [0.3, 0.4) is 0 Å². The summed E-state index contributed by atoms with van der Waals surface area (Å²) in [4.78, 5) is 10.2. The summed E-state index contributed by atoms with van der Waals surface area (Å²) >= 11 is 0. The predicted octanol–water partition coefficient (Wildman–Crippen LogP) is 0.675. The summed E-state index contributed by atoms with van der Waals surface area (Å²) in [5, 5.41) is 10.2. The van der Waals surface area contributed by atoms with Gasteiger partial charge in [0.25, 0.3) is 0 Å². The van der Waals surface area contributed by atoms with Crippen molar-refractivity contribution in [2.45, 2.75) is 13.8 Å². The Morgan fingerprint density at radius 2 is 1.87 bits per heavy atom. The van der Waals surface area contributed by atoms with Crippen LogP contribution in [0.1, 0.15) is 24.2 Å². The second-order valence-corrected chi connectivity index (χ2v) is 2.66. The Kier molecular flexibility index (Phi) is 7.01. The van der Waals surface area contributed by atoms with E-state index in [4.69, 9.17) is 10.5 Å². The second kappa shape index (κ2) is 7.82. The van der Waals surface area contributed by atoms with E-state index in [1.54, 1.807) is 12.1 Å². The Hall–Kier alpha value is -1.55. The summed E-state index contributed by atoms with van der Waals surface area (Å²) in [5.74, 6) is -1.24. The molecule has 0 aromatic heterocycles. The molecule has 0 fully saturated rings. The van der Waals surface area contributed by atoms with Crippen LogP contribution in [-0.4, -0.2) is 19.2 Å². The van der Waals surface area contributed by atoms with Crippen molar-refractivity contribution >= 4 is 11.7 Å². The fourth-order valence-electron chi connectivity index (χ4n) is 0.887. The molecule has 84 valence electrons. The minimum Gasteiger partial charge on any atom is -0.545 e. The monoisotopic (exact) mass is 210 g/mol. The average Bonchev–Trinajstić information content (AvgIpc) is 2.20. The van der Waals surface area contributed by atoms with Gasteiger partial charge in [-0.25, -0.2) is 0 Å². The van der Waals surface area contributed by atoms with Crippen molar-refractivity contribution in [1.82, 2.24) is 0 Å². The molecule has 0 bridgehead atoms. The molecule has 0 saturated carbocycles. The highest BCUT2D eigenvalue weighted by Crippen LogP contribution is 2.07. The van der Waals surface area contributed by atoms with Crippen LogP contribution in [0.4, 0.5) is 5.69 Å². The highest BCUT2D eigenvalue weighted by atomic mass is 16.5. The van der Waals surface area contributed by atoms with Crippen molar-refractivity contribution in [1.29, 1.82) is 0 Å². The molecule has 0 saturated heterocycles. The third-order valence-electron chi connectivity index (χ3n) is 1.59. The van der Waals surface area contributed by atoms with Crippen LogP contribution in [0.2, 0.25) is 0 Å². The van der Waals surface area contributed by atoms with E-state index in [2.05, 4.69) is 0 Å². The fraction of sp³-hybridized carbons (Fsp3) is 0.364. The molecular weight excluding hydrogens is 194 g/mol. The molecule has 0 aliphatic heterocycles. The maximum Gasteiger partial charge on any atom is 0.0735 e. The van der Waals surface area contributed by atoms with Crippen LogP contribution in [0.25, 0.3) is 0 Å². The summed E-state index contributed by atoms with van der Waals surface area (Å²) in [5.41, 5.74) is 5.58. The number of ether oxygens (including phenoxy) is 1. The van der Waals surface area contributed by atoms with Gasteiger partial charge in [0, 0.05) is 24.5 Å². The van der Waals surface area contributed by atoms with E-state index in [1.165, 1.54) is 12.1 Å². The minimum absolute atomic E-state index is 0.0440. The molecule has 4 nitrogen and oxygen atoms in total. The summed E-state index contributed by atoms with van der Waals surface area (Å²) in [6.45, 7) is 5.67. The van der Waals surface area contributed by atoms with Crippen LogP contribution in [0, 0.1) is 0 Å². The minimum atomic E-state index is -1.24. The number of hydrogen-bond acceptors (Lipinski definition) is 4. The normalized spacial score (nSPS) is 8.93. The topological polar surface area (TPSA) is 75.4 Å². The highest BCUT2D eigenvalue weighted by Gasteiger charge is 1.95. The summed E-state index contributed by atoms with van der Waals surface area (Å²) in [6, 6.07) is 6.19. The van der Waals surface area contributed by atoms with E-state index >= 15 is 0 Å². The number of nitrogens with two attached hydrogens (primary N) is 1. The van der Waals surface area contributed by atoms with Gasteiger partial charge in [0.15, 0.2) is 0 Å². The molecule has 0 amide bonds. The quantitative estimate of drug-likeness (QED) is 0.744. The van der Waals surface area contributed by atoms with Crippen LogP contribution < -0.4 is 10.8 Å². The Morgan fingerprint density at radius 3 is 2.13 bits per heavy atom. The maximum atomic E-state index is 10.2. The van der Waals surface area contributed by atoms with Crippen LogP contribution in [-0.2, 0) is 4.74 Å². The van der Waals surface area contributed by atoms with Crippen LogP contribution in [0.5, 0.6) is 0 Å². The number of carbonyl (C=O) groups is 1. The van der Waals surface area contributed by atoms with Crippen molar-refractivity contribution in [3.8, 4) is 0 Å². The Balaban J connectivity index is 0.000000336. The van der Waals surface area contributed by atoms with Gasteiger partial charge in [-0.3, -0.25) is 0 Å². The van der Waals surface area contributed by atoms with Gasteiger partial charge in [0.1, 0.15) is 0 Å². The molecule has 2 N–H and O–H groups in total. The predicted molar refractivity (Wildman–Crippen MR) is 57.4 cm³/mol. The summed E-state index contributed by atoms with van der Waals surface area (Å²) < 4.78 is 4.83. The van der Waals surface area contributed by atoms with Gasteiger partial charge < -0.3 is 20.4 Å². The van der Waals surface area contributed by atoms with E-state index < -0.39 is 5.97 Å². The molecule has 1 rings (SSSR count). The molecule has 1 aromatic rings. The standard InChI is InChI=1S/C7H7NO2.C4H10O/c8-6-4-2-1-3-5(6)7(9)10;1-3-5-4-2/h1-4H,8H2,(H,9,10);3-4H2,1-2H3/p-1. The second-order valence-electron chi connectivity index (χ2n) is 2.66. The average molecular weight is 210 g/mol. The number of aromatic carboxylic acids is 1. The number of carbonyl (C=O) groups excluding carboxylic acids is 1. The first-order chi connectivity index (χ1) is 7.13. The number of rotatable bonds is 3. The van der Waals surface area contributed by atoms with Gasteiger partial charge in [0.05, 0.1) is 5.97 Å². The molecule has 0 aliphatic carbocycles. The third kappa shape index (κ3) is 5.70. The molecule has 0 heterocycles. The van der Waals surface area contributed by atoms with Gasteiger partial charge in [-0.1, -0.05) is 18.2 Å². The molecular formula is C11H16NO3-. The van der Waals surface area contributed by atoms with Gasteiger partial charge in [0.2, 0.25) is 0 Å². The van der Waals surface area contributed by atoms with Crippen LogP contribution >= 0.6 is 0 Å². The van der Waals surface area contributed by atoms with Crippen molar-refractivity contribution in [2.75, 3.05) is 18.9 Å². The molecule has 0 spiro atoms. The largest absolute Gasteiger partial charge is 0.545 e. The summed E-state index contributed by atoms with van der Waals surface area (Å²) in [7, 11) is 0. The first kappa shape index (κ1) is 13.4. The lowest BCUT2D eigenvalue weighted by atomic mass is 10.2.